The van der Waals surface area contributed by atoms with Gasteiger partial charge in [-0.15, -0.1) is 0 Å². The van der Waals surface area contributed by atoms with Crippen LogP contribution in [-0.2, 0) is 4.79 Å². The Balaban J connectivity index is 1.65. The maximum Gasteiger partial charge on any atom is 0.227 e. The van der Waals surface area contributed by atoms with E-state index in [1.807, 2.05) is 17.0 Å². The van der Waals surface area contributed by atoms with Crippen LogP contribution in [0.1, 0.15) is 33.1 Å². The molecule has 2 aliphatic rings. The number of anilines is 2. The zero-order chi connectivity index (χ0) is 14.8. The molecule has 1 aromatic carbocycles. The lowest BCUT2D eigenvalue weighted by Gasteiger charge is -2.21. The summed E-state index contributed by atoms with van der Waals surface area (Å²) in [5.74, 6) is 0.249. The summed E-state index contributed by atoms with van der Waals surface area (Å²) in [4.78, 5) is 16.3. The maximum absolute atomic E-state index is 11.8. The van der Waals surface area contributed by atoms with Gasteiger partial charge in [-0.1, -0.05) is 6.07 Å². The van der Waals surface area contributed by atoms with E-state index >= 15 is 0 Å². The molecule has 1 N–H and O–H groups in total. The Morgan fingerprint density at radius 3 is 2.81 bits per heavy atom. The Hall–Kier alpha value is -1.55. The molecule has 0 spiro atoms. The topological polar surface area (TPSA) is 35.6 Å². The summed E-state index contributed by atoms with van der Waals surface area (Å²) < 4.78 is 0. The van der Waals surface area contributed by atoms with Crippen LogP contribution in [0.15, 0.2) is 24.3 Å². The van der Waals surface area contributed by atoms with Crippen LogP contribution in [0.2, 0.25) is 0 Å². The molecule has 1 amide bonds. The second-order valence-electron chi connectivity index (χ2n) is 6.42. The van der Waals surface area contributed by atoms with Gasteiger partial charge in [0.15, 0.2) is 0 Å². The van der Waals surface area contributed by atoms with Crippen molar-refractivity contribution in [3.8, 4) is 0 Å². The van der Waals surface area contributed by atoms with Gasteiger partial charge < -0.3 is 10.2 Å². The highest BCUT2D eigenvalue weighted by Crippen LogP contribution is 2.25. The number of carbonyl (C=O) groups excluding carboxylic acids is 1. The third-order valence-electron chi connectivity index (χ3n) is 4.55. The second kappa shape index (κ2) is 6.06. The van der Waals surface area contributed by atoms with Gasteiger partial charge in [-0.25, -0.2) is 0 Å². The fourth-order valence-electron chi connectivity index (χ4n) is 3.29. The van der Waals surface area contributed by atoms with E-state index < -0.39 is 0 Å². The highest BCUT2D eigenvalue weighted by molar-refractivity contribution is 5.95. The summed E-state index contributed by atoms with van der Waals surface area (Å²) >= 11 is 0. The molecule has 4 nitrogen and oxygen atoms in total. The van der Waals surface area contributed by atoms with E-state index in [1.165, 1.54) is 13.0 Å². The molecule has 0 aliphatic carbocycles. The van der Waals surface area contributed by atoms with Crippen LogP contribution in [0.25, 0.3) is 0 Å². The summed E-state index contributed by atoms with van der Waals surface area (Å²) in [7, 11) is 0. The van der Waals surface area contributed by atoms with E-state index in [2.05, 4.69) is 36.2 Å². The van der Waals surface area contributed by atoms with Crippen LogP contribution in [0.5, 0.6) is 0 Å². The van der Waals surface area contributed by atoms with E-state index in [0.717, 1.165) is 30.9 Å². The lowest BCUT2D eigenvalue weighted by Crippen LogP contribution is -2.31. The smallest absolute Gasteiger partial charge is 0.227 e. The lowest BCUT2D eigenvalue weighted by molar-refractivity contribution is -0.117. The number of nitrogens with zero attached hydrogens (tertiary/aromatic N) is 2. The third-order valence-corrected chi connectivity index (χ3v) is 4.55. The van der Waals surface area contributed by atoms with Gasteiger partial charge in [0.2, 0.25) is 5.91 Å². The number of nitrogens with one attached hydrogen (secondary N) is 1. The maximum atomic E-state index is 11.8. The summed E-state index contributed by atoms with van der Waals surface area (Å²) in [6.07, 6.45) is 2.84. The SMILES string of the molecule is CC(C)N1CCC(Nc2cccc(N3CCCC3=O)c2)C1. The van der Waals surface area contributed by atoms with Crippen molar-refractivity contribution in [2.45, 2.75) is 45.2 Å². The van der Waals surface area contributed by atoms with Crippen molar-refractivity contribution >= 4 is 17.3 Å². The van der Waals surface area contributed by atoms with Gasteiger partial charge in [0.05, 0.1) is 0 Å². The van der Waals surface area contributed by atoms with Crippen molar-refractivity contribution in [2.75, 3.05) is 29.9 Å². The minimum Gasteiger partial charge on any atom is -0.381 e. The highest BCUT2D eigenvalue weighted by atomic mass is 16.2. The van der Waals surface area contributed by atoms with Gasteiger partial charge in [0.25, 0.3) is 0 Å². The molecule has 0 aromatic heterocycles. The minimum atomic E-state index is 0.249. The zero-order valence-corrected chi connectivity index (χ0v) is 13.0. The third kappa shape index (κ3) is 3.21. The van der Waals surface area contributed by atoms with Crippen LogP contribution >= 0.6 is 0 Å². The molecular weight excluding hydrogens is 262 g/mol. The van der Waals surface area contributed by atoms with Crippen LogP contribution in [0.4, 0.5) is 11.4 Å². The average Bonchev–Trinajstić information content (AvgIpc) is 3.08. The van der Waals surface area contributed by atoms with E-state index in [0.29, 0.717) is 18.5 Å². The van der Waals surface area contributed by atoms with Crippen LogP contribution in [0, 0.1) is 0 Å². The first kappa shape index (κ1) is 14.4. The molecular formula is C17H25N3O. The Kier molecular flexibility index (Phi) is 4.15. The van der Waals surface area contributed by atoms with Gasteiger partial charge in [-0.2, -0.15) is 0 Å². The van der Waals surface area contributed by atoms with Crippen molar-refractivity contribution in [3.05, 3.63) is 24.3 Å². The van der Waals surface area contributed by atoms with Crippen molar-refractivity contribution in [1.82, 2.24) is 4.90 Å². The molecule has 2 heterocycles. The monoisotopic (exact) mass is 287 g/mol. The first-order chi connectivity index (χ1) is 10.1. The molecule has 2 saturated heterocycles. The number of amides is 1. The normalized spacial score (nSPS) is 23.3. The van der Waals surface area contributed by atoms with E-state index in [9.17, 15) is 4.79 Å². The average molecular weight is 287 g/mol. The van der Waals surface area contributed by atoms with E-state index in [4.69, 9.17) is 0 Å². The lowest BCUT2D eigenvalue weighted by atomic mass is 10.2. The summed E-state index contributed by atoms with van der Waals surface area (Å²) in [5.41, 5.74) is 2.16. The molecule has 3 rings (SSSR count). The largest absolute Gasteiger partial charge is 0.381 e. The molecule has 2 fully saturated rings. The number of likely N-dealkylation sites (tertiary alicyclic amines) is 1. The minimum absolute atomic E-state index is 0.249. The fourth-order valence-corrected chi connectivity index (χ4v) is 3.29. The molecule has 0 bridgehead atoms. The van der Waals surface area contributed by atoms with E-state index in [1.54, 1.807) is 0 Å². The van der Waals surface area contributed by atoms with E-state index in [-0.39, 0.29) is 5.91 Å². The van der Waals surface area contributed by atoms with Crippen molar-refractivity contribution in [1.29, 1.82) is 0 Å². The molecule has 1 unspecified atom stereocenters. The van der Waals surface area contributed by atoms with Crippen LogP contribution in [-0.4, -0.2) is 42.5 Å². The molecule has 114 valence electrons. The summed E-state index contributed by atoms with van der Waals surface area (Å²) in [5, 5.41) is 3.62. The van der Waals surface area contributed by atoms with Gasteiger partial charge in [-0.3, -0.25) is 9.69 Å². The molecule has 2 aliphatic heterocycles. The van der Waals surface area contributed by atoms with Gasteiger partial charge in [-0.05, 0) is 44.9 Å². The standard InChI is InChI=1S/C17H25N3O/c1-13(2)19-10-8-15(12-19)18-14-5-3-6-16(11-14)20-9-4-7-17(20)21/h3,5-6,11,13,15,18H,4,7-10,12H2,1-2H3. The molecule has 4 heteroatoms. The van der Waals surface area contributed by atoms with Crippen LogP contribution in [0.3, 0.4) is 0 Å². The Bertz CT molecular complexity index is 515. The molecule has 21 heavy (non-hydrogen) atoms. The Morgan fingerprint density at radius 2 is 2.14 bits per heavy atom. The van der Waals surface area contributed by atoms with Crippen LogP contribution < -0.4 is 10.2 Å². The van der Waals surface area contributed by atoms with Crippen molar-refractivity contribution in [3.63, 3.8) is 0 Å². The number of hydrogen-bond acceptors (Lipinski definition) is 3. The molecule has 1 aromatic rings. The number of carbonyl (C=O) groups is 1. The Morgan fingerprint density at radius 1 is 1.29 bits per heavy atom. The second-order valence-corrected chi connectivity index (χ2v) is 6.42. The quantitative estimate of drug-likeness (QED) is 0.925. The summed E-state index contributed by atoms with van der Waals surface area (Å²) in [6, 6.07) is 9.41. The number of rotatable bonds is 4. The molecule has 0 radical (unpaired) electrons. The first-order valence-corrected chi connectivity index (χ1v) is 8.04. The predicted octanol–water partition coefficient (Wildman–Crippen LogP) is 2.71. The molecule has 1 atom stereocenters. The molecule has 0 saturated carbocycles. The van der Waals surface area contributed by atoms with Gasteiger partial charge in [0.1, 0.15) is 0 Å². The van der Waals surface area contributed by atoms with Crippen molar-refractivity contribution < 1.29 is 4.79 Å². The number of benzene rings is 1. The fraction of sp³-hybridized carbons (Fsp3) is 0.588. The summed E-state index contributed by atoms with van der Waals surface area (Å²) in [6.45, 7) is 7.63. The Labute approximate surface area is 127 Å². The van der Waals surface area contributed by atoms with Crippen molar-refractivity contribution in [2.24, 2.45) is 0 Å². The highest BCUT2D eigenvalue weighted by Gasteiger charge is 2.25. The van der Waals surface area contributed by atoms with Gasteiger partial charge >= 0.3 is 0 Å². The first-order valence-electron chi connectivity index (χ1n) is 8.04. The zero-order valence-electron chi connectivity index (χ0n) is 13.0. The predicted molar refractivity (Wildman–Crippen MR) is 86.8 cm³/mol. The van der Waals surface area contributed by atoms with Gasteiger partial charge in [0, 0.05) is 49.5 Å². The number of hydrogen-bond donors (Lipinski definition) is 1.